The van der Waals surface area contributed by atoms with E-state index in [0.29, 0.717) is 11.5 Å². The van der Waals surface area contributed by atoms with E-state index in [0.717, 1.165) is 67.4 Å². The van der Waals surface area contributed by atoms with Crippen molar-refractivity contribution in [2.45, 2.75) is 58.0 Å². The average Bonchev–Trinajstić information content (AvgIpc) is 3.70. The molecule has 1 saturated heterocycles. The number of aliphatic hydroxyl groups excluding tert-OH is 1. The van der Waals surface area contributed by atoms with E-state index in [2.05, 4.69) is 16.0 Å². The third kappa shape index (κ3) is 4.22. The normalized spacial score (nSPS) is 21.6. The number of aryl methyl sites for hydroxylation is 1. The summed E-state index contributed by atoms with van der Waals surface area (Å²) in [5, 5.41) is 15.2. The van der Waals surface area contributed by atoms with Crippen LogP contribution in [-0.4, -0.2) is 41.4 Å². The summed E-state index contributed by atoms with van der Waals surface area (Å²) in [5.41, 5.74) is 2.60. The van der Waals surface area contributed by atoms with E-state index in [-0.39, 0.29) is 12.0 Å². The molecule has 5 rings (SSSR count). The molecule has 0 radical (unpaired) electrons. The zero-order chi connectivity index (χ0) is 20.6. The standard InChI is InChI=1S/C25H32N2O3/c1-2-25(11-12-25)17-27-13-9-18(10-14-27)5-7-22-20-6-8-23(29-16-19-3-4-19)21(15-28)24(20)30-26-22/h1,6,8,18-19,28H,3-5,7,9-17H2. The van der Waals surface area contributed by atoms with E-state index in [9.17, 15) is 5.11 Å². The second-order valence-corrected chi connectivity index (χ2v) is 9.64. The molecule has 3 fully saturated rings. The molecule has 0 spiro atoms. The fraction of sp³-hybridized carbons (Fsp3) is 0.640. The molecule has 5 heteroatoms. The van der Waals surface area contributed by atoms with Crippen molar-refractivity contribution in [1.29, 1.82) is 0 Å². The molecule has 1 aromatic carbocycles. The van der Waals surface area contributed by atoms with Gasteiger partial charge in [0.2, 0.25) is 0 Å². The highest BCUT2D eigenvalue weighted by Crippen LogP contribution is 2.46. The van der Waals surface area contributed by atoms with Crippen LogP contribution in [0.5, 0.6) is 5.75 Å². The summed E-state index contributed by atoms with van der Waals surface area (Å²) in [4.78, 5) is 2.56. The van der Waals surface area contributed by atoms with Gasteiger partial charge in [-0.2, -0.15) is 0 Å². The number of likely N-dealkylation sites (tertiary alicyclic amines) is 1. The van der Waals surface area contributed by atoms with Crippen LogP contribution in [-0.2, 0) is 13.0 Å². The molecule has 1 N–H and O–H groups in total. The Kier molecular flexibility index (Phi) is 5.47. The Morgan fingerprint density at radius 1 is 1.20 bits per heavy atom. The quantitative estimate of drug-likeness (QED) is 0.631. The Hall–Kier alpha value is -2.03. The monoisotopic (exact) mass is 408 g/mol. The van der Waals surface area contributed by atoms with Gasteiger partial charge in [-0.05, 0) is 88.4 Å². The second kappa shape index (κ2) is 8.24. The van der Waals surface area contributed by atoms with Crippen LogP contribution in [0.4, 0.5) is 0 Å². The zero-order valence-electron chi connectivity index (χ0n) is 17.7. The number of nitrogens with zero attached hydrogens (tertiary/aromatic N) is 2. The van der Waals surface area contributed by atoms with Gasteiger partial charge in [-0.25, -0.2) is 0 Å². The predicted molar refractivity (Wildman–Crippen MR) is 116 cm³/mol. The summed E-state index contributed by atoms with van der Waals surface area (Å²) in [5.74, 6) is 5.14. The van der Waals surface area contributed by atoms with Crippen LogP contribution < -0.4 is 4.74 Å². The first-order valence-electron chi connectivity index (χ1n) is 11.5. The van der Waals surface area contributed by atoms with Gasteiger partial charge in [0.25, 0.3) is 0 Å². The van der Waals surface area contributed by atoms with Gasteiger partial charge in [0.05, 0.1) is 24.5 Å². The minimum Gasteiger partial charge on any atom is -0.493 e. The molecule has 2 saturated carbocycles. The Morgan fingerprint density at radius 3 is 2.67 bits per heavy atom. The van der Waals surface area contributed by atoms with Crippen LogP contribution in [0.3, 0.4) is 0 Å². The van der Waals surface area contributed by atoms with Gasteiger partial charge in [0, 0.05) is 17.3 Å². The van der Waals surface area contributed by atoms with Gasteiger partial charge in [-0.15, -0.1) is 6.42 Å². The number of benzene rings is 1. The zero-order valence-corrected chi connectivity index (χ0v) is 17.7. The number of piperidine rings is 1. The lowest BCUT2D eigenvalue weighted by molar-refractivity contribution is 0.162. The Morgan fingerprint density at radius 2 is 2.00 bits per heavy atom. The first-order chi connectivity index (χ1) is 14.7. The molecule has 0 bridgehead atoms. The molecular formula is C25H32N2O3. The number of hydrogen-bond acceptors (Lipinski definition) is 5. The predicted octanol–water partition coefficient (Wildman–Crippen LogP) is 4.17. The number of aliphatic hydroxyl groups is 1. The first-order valence-corrected chi connectivity index (χ1v) is 11.5. The molecule has 2 aliphatic carbocycles. The Labute approximate surface area is 178 Å². The van der Waals surface area contributed by atoms with E-state index in [4.69, 9.17) is 15.7 Å². The molecular weight excluding hydrogens is 376 g/mol. The summed E-state index contributed by atoms with van der Waals surface area (Å²) >= 11 is 0. The summed E-state index contributed by atoms with van der Waals surface area (Å²) in [6.07, 6.45) is 15.1. The molecule has 1 aliphatic heterocycles. The highest BCUT2D eigenvalue weighted by Gasteiger charge is 2.42. The minimum absolute atomic E-state index is 0.0937. The van der Waals surface area contributed by atoms with E-state index >= 15 is 0 Å². The van der Waals surface area contributed by atoms with Gasteiger partial charge in [0.15, 0.2) is 5.58 Å². The fourth-order valence-corrected chi connectivity index (χ4v) is 4.75. The van der Waals surface area contributed by atoms with E-state index in [1.807, 2.05) is 12.1 Å². The summed E-state index contributed by atoms with van der Waals surface area (Å²) in [6, 6.07) is 4.01. The van der Waals surface area contributed by atoms with Crippen molar-refractivity contribution >= 4 is 11.0 Å². The van der Waals surface area contributed by atoms with Gasteiger partial charge in [0.1, 0.15) is 5.75 Å². The number of hydrogen-bond donors (Lipinski definition) is 1. The van der Waals surface area contributed by atoms with Crippen molar-refractivity contribution in [3.05, 3.63) is 23.4 Å². The first kappa shape index (κ1) is 19.9. The van der Waals surface area contributed by atoms with Crippen LogP contribution in [0, 0.1) is 29.6 Å². The van der Waals surface area contributed by atoms with E-state index in [1.54, 1.807) is 0 Å². The molecule has 1 aromatic heterocycles. The lowest BCUT2D eigenvalue weighted by Gasteiger charge is -2.33. The maximum absolute atomic E-state index is 9.88. The third-order valence-corrected chi connectivity index (χ3v) is 7.29. The average molecular weight is 409 g/mol. The second-order valence-electron chi connectivity index (χ2n) is 9.64. The SMILES string of the molecule is C#CC1(CN2CCC(CCc3noc4c(CO)c(OCC5CC5)ccc34)CC2)CC1. The smallest absolute Gasteiger partial charge is 0.176 e. The topological polar surface area (TPSA) is 58.7 Å². The van der Waals surface area contributed by atoms with Crippen LogP contribution in [0.25, 0.3) is 11.0 Å². The van der Waals surface area contributed by atoms with Crippen LogP contribution >= 0.6 is 0 Å². The molecule has 2 aromatic rings. The molecule has 0 amide bonds. The Balaban J connectivity index is 1.17. The lowest BCUT2D eigenvalue weighted by Crippen LogP contribution is -2.37. The molecule has 160 valence electrons. The number of ether oxygens (including phenoxy) is 1. The maximum Gasteiger partial charge on any atom is 0.176 e. The molecule has 0 unspecified atom stereocenters. The van der Waals surface area contributed by atoms with Gasteiger partial charge in [-0.3, -0.25) is 0 Å². The van der Waals surface area contributed by atoms with E-state index < -0.39 is 0 Å². The minimum atomic E-state index is -0.0937. The third-order valence-electron chi connectivity index (χ3n) is 7.29. The van der Waals surface area contributed by atoms with E-state index in [1.165, 1.54) is 38.5 Å². The molecule has 30 heavy (non-hydrogen) atoms. The van der Waals surface area contributed by atoms with Gasteiger partial charge < -0.3 is 19.3 Å². The van der Waals surface area contributed by atoms with Crippen molar-refractivity contribution < 1.29 is 14.4 Å². The van der Waals surface area contributed by atoms with Crippen molar-refractivity contribution in [2.75, 3.05) is 26.2 Å². The summed E-state index contributed by atoms with van der Waals surface area (Å²) < 4.78 is 11.6. The summed E-state index contributed by atoms with van der Waals surface area (Å²) in [7, 11) is 0. The maximum atomic E-state index is 9.88. The van der Waals surface area contributed by atoms with Gasteiger partial charge >= 0.3 is 0 Å². The van der Waals surface area contributed by atoms with Crippen molar-refractivity contribution in [3.63, 3.8) is 0 Å². The van der Waals surface area contributed by atoms with Crippen LogP contribution in [0.15, 0.2) is 16.7 Å². The number of rotatable bonds is 9. The van der Waals surface area contributed by atoms with Gasteiger partial charge in [-0.1, -0.05) is 11.1 Å². The Bertz CT molecular complexity index is 928. The molecule has 5 nitrogen and oxygen atoms in total. The van der Waals surface area contributed by atoms with Crippen molar-refractivity contribution in [2.24, 2.45) is 17.3 Å². The highest BCUT2D eigenvalue weighted by atomic mass is 16.5. The number of aromatic nitrogens is 1. The van der Waals surface area contributed by atoms with Crippen LogP contribution in [0.2, 0.25) is 0 Å². The molecule has 2 heterocycles. The summed E-state index contributed by atoms with van der Waals surface area (Å²) in [6.45, 7) is 4.03. The lowest BCUT2D eigenvalue weighted by atomic mass is 9.90. The molecule has 0 atom stereocenters. The molecule has 3 aliphatic rings. The number of fused-ring (bicyclic) bond motifs is 1. The van der Waals surface area contributed by atoms with Crippen molar-refractivity contribution in [1.82, 2.24) is 10.1 Å². The number of terminal acetylenes is 1. The van der Waals surface area contributed by atoms with Crippen molar-refractivity contribution in [3.8, 4) is 18.1 Å². The largest absolute Gasteiger partial charge is 0.493 e. The fourth-order valence-electron chi connectivity index (χ4n) is 4.75. The van der Waals surface area contributed by atoms with Crippen LogP contribution in [0.1, 0.15) is 56.2 Å². The highest BCUT2D eigenvalue weighted by molar-refractivity contribution is 5.84.